The summed E-state index contributed by atoms with van der Waals surface area (Å²) in [5.74, 6) is -1.25. The first-order chi connectivity index (χ1) is 10.8. The summed E-state index contributed by atoms with van der Waals surface area (Å²) >= 11 is 11.5. The van der Waals surface area contributed by atoms with Crippen molar-refractivity contribution in [2.24, 2.45) is 5.73 Å². The maximum atomic E-state index is 11.9. The van der Waals surface area contributed by atoms with Crippen molar-refractivity contribution in [2.45, 2.75) is 11.8 Å². The first-order valence-corrected chi connectivity index (χ1v) is 9.82. The average Bonchev–Trinajstić information content (AvgIpc) is 2.47. The van der Waals surface area contributed by atoms with E-state index in [1.165, 1.54) is 0 Å². The predicted octanol–water partition coefficient (Wildman–Crippen LogP) is 1.30. The molecule has 130 valence electrons. The van der Waals surface area contributed by atoms with E-state index in [0.29, 0.717) is 30.4 Å². The lowest BCUT2D eigenvalue weighted by Gasteiger charge is -2.23. The van der Waals surface area contributed by atoms with Gasteiger partial charge in [-0.15, -0.1) is 23.2 Å². The Morgan fingerprint density at radius 2 is 1.70 bits per heavy atom. The molecule has 0 heterocycles. The van der Waals surface area contributed by atoms with Gasteiger partial charge in [0.2, 0.25) is 0 Å². The van der Waals surface area contributed by atoms with Crippen LogP contribution in [-0.2, 0) is 20.4 Å². The molecular weight excluding hydrogens is 363 g/mol. The van der Waals surface area contributed by atoms with Gasteiger partial charge in [0.25, 0.3) is 0 Å². The zero-order valence-electron chi connectivity index (χ0n) is 12.5. The van der Waals surface area contributed by atoms with Gasteiger partial charge in [-0.2, -0.15) is 0 Å². The standard InChI is InChI=1S/C14H20Cl2N2O4S/c15-5-7-18(8-6-16)12-3-1-11(2-4-12)9-23(21,22)10-13(17)14(19)20/h1-4,13H,5-10,17H2,(H,19,20)/t13-/m0/s1. The van der Waals surface area contributed by atoms with Crippen molar-refractivity contribution in [1.29, 1.82) is 0 Å². The Kier molecular flexibility index (Phi) is 8.11. The summed E-state index contributed by atoms with van der Waals surface area (Å²) in [5, 5.41) is 8.69. The average molecular weight is 383 g/mol. The SMILES string of the molecule is N[C@@H](CS(=O)(=O)Cc1ccc(N(CCCl)CCCl)cc1)C(=O)O. The summed E-state index contributed by atoms with van der Waals surface area (Å²) < 4.78 is 23.9. The Labute approximate surface area is 146 Å². The number of nitrogens with two attached hydrogens (primary N) is 1. The molecule has 0 spiro atoms. The third-order valence-electron chi connectivity index (χ3n) is 3.15. The van der Waals surface area contributed by atoms with E-state index < -0.39 is 27.6 Å². The molecule has 3 N–H and O–H groups in total. The summed E-state index contributed by atoms with van der Waals surface area (Å²) in [5.41, 5.74) is 6.75. The number of halogens is 2. The van der Waals surface area contributed by atoms with Crippen molar-refractivity contribution in [3.8, 4) is 0 Å². The van der Waals surface area contributed by atoms with Crippen LogP contribution in [0, 0.1) is 0 Å². The van der Waals surface area contributed by atoms with Gasteiger partial charge >= 0.3 is 5.97 Å². The number of carboxylic acids is 1. The lowest BCUT2D eigenvalue weighted by Crippen LogP contribution is -2.37. The van der Waals surface area contributed by atoms with Crippen LogP contribution >= 0.6 is 23.2 Å². The van der Waals surface area contributed by atoms with Gasteiger partial charge in [0, 0.05) is 30.5 Å². The third-order valence-corrected chi connectivity index (χ3v) is 5.13. The Balaban J connectivity index is 2.78. The number of hydrogen-bond acceptors (Lipinski definition) is 5. The van der Waals surface area contributed by atoms with Crippen LogP contribution in [0.2, 0.25) is 0 Å². The van der Waals surface area contributed by atoms with Gasteiger partial charge in [-0.3, -0.25) is 4.79 Å². The lowest BCUT2D eigenvalue weighted by molar-refractivity contribution is -0.137. The molecule has 0 aromatic heterocycles. The van der Waals surface area contributed by atoms with Crippen molar-refractivity contribution in [3.05, 3.63) is 29.8 Å². The number of carboxylic acid groups (broad SMARTS) is 1. The molecule has 0 fully saturated rings. The summed E-state index contributed by atoms with van der Waals surface area (Å²) in [7, 11) is -3.59. The van der Waals surface area contributed by atoms with Gasteiger partial charge in [0.15, 0.2) is 9.84 Å². The van der Waals surface area contributed by atoms with E-state index >= 15 is 0 Å². The van der Waals surface area contributed by atoms with Crippen LogP contribution in [0.4, 0.5) is 5.69 Å². The van der Waals surface area contributed by atoms with Crippen molar-refractivity contribution < 1.29 is 18.3 Å². The van der Waals surface area contributed by atoms with Gasteiger partial charge < -0.3 is 15.7 Å². The fraction of sp³-hybridized carbons (Fsp3) is 0.500. The Morgan fingerprint density at radius 3 is 2.13 bits per heavy atom. The van der Waals surface area contributed by atoms with E-state index in [1.54, 1.807) is 24.3 Å². The number of benzene rings is 1. The summed E-state index contributed by atoms with van der Waals surface area (Å²) in [6.07, 6.45) is 0. The van der Waals surface area contributed by atoms with Crippen molar-refractivity contribution in [2.75, 3.05) is 35.5 Å². The Hall–Kier alpha value is -1.02. The van der Waals surface area contributed by atoms with Crippen molar-refractivity contribution >= 4 is 44.7 Å². The van der Waals surface area contributed by atoms with Crippen molar-refractivity contribution in [3.63, 3.8) is 0 Å². The van der Waals surface area contributed by atoms with Crippen LogP contribution < -0.4 is 10.6 Å². The summed E-state index contributed by atoms with van der Waals surface area (Å²) in [6.45, 7) is 1.28. The highest BCUT2D eigenvalue weighted by atomic mass is 35.5. The highest BCUT2D eigenvalue weighted by Gasteiger charge is 2.21. The zero-order chi connectivity index (χ0) is 17.5. The fourth-order valence-electron chi connectivity index (χ4n) is 2.03. The van der Waals surface area contributed by atoms with Crippen LogP contribution in [0.1, 0.15) is 5.56 Å². The maximum absolute atomic E-state index is 11.9. The number of sulfone groups is 1. The molecule has 9 heteroatoms. The molecule has 23 heavy (non-hydrogen) atoms. The number of alkyl halides is 2. The van der Waals surface area contributed by atoms with Gasteiger partial charge in [-0.1, -0.05) is 12.1 Å². The number of rotatable bonds is 10. The molecule has 0 unspecified atom stereocenters. The second-order valence-electron chi connectivity index (χ2n) is 5.03. The Morgan fingerprint density at radius 1 is 1.17 bits per heavy atom. The molecule has 1 rings (SSSR count). The van der Waals surface area contributed by atoms with Gasteiger partial charge in [0.1, 0.15) is 6.04 Å². The molecule has 1 aromatic carbocycles. The third kappa shape index (κ3) is 6.95. The second kappa shape index (κ2) is 9.32. The molecule has 0 amide bonds. The van der Waals surface area contributed by atoms with Crippen LogP contribution in [-0.4, -0.2) is 56.1 Å². The predicted molar refractivity (Wildman–Crippen MR) is 93.2 cm³/mol. The topological polar surface area (TPSA) is 101 Å². The minimum absolute atomic E-state index is 0.251. The second-order valence-corrected chi connectivity index (χ2v) is 7.90. The van der Waals surface area contributed by atoms with Gasteiger partial charge in [-0.25, -0.2) is 8.42 Å². The molecule has 6 nitrogen and oxygen atoms in total. The molecule has 0 aliphatic carbocycles. The van der Waals surface area contributed by atoms with Gasteiger partial charge in [0.05, 0.1) is 11.5 Å². The largest absolute Gasteiger partial charge is 0.480 e. The fourth-order valence-corrected chi connectivity index (χ4v) is 3.95. The first-order valence-electron chi connectivity index (χ1n) is 6.93. The van der Waals surface area contributed by atoms with Crippen LogP contribution in [0.5, 0.6) is 0 Å². The van der Waals surface area contributed by atoms with E-state index in [2.05, 4.69) is 0 Å². The number of carbonyl (C=O) groups is 1. The van der Waals surface area contributed by atoms with E-state index in [4.69, 9.17) is 34.0 Å². The maximum Gasteiger partial charge on any atom is 0.321 e. The van der Waals surface area contributed by atoms with Crippen LogP contribution in [0.3, 0.4) is 0 Å². The number of anilines is 1. The number of nitrogens with zero attached hydrogens (tertiary/aromatic N) is 1. The summed E-state index contributed by atoms with van der Waals surface area (Å²) in [4.78, 5) is 12.7. The van der Waals surface area contributed by atoms with E-state index in [0.717, 1.165) is 5.69 Å². The van der Waals surface area contributed by atoms with Crippen molar-refractivity contribution in [1.82, 2.24) is 0 Å². The molecule has 0 saturated heterocycles. The molecule has 0 aliphatic rings. The molecule has 0 aliphatic heterocycles. The molecule has 0 saturated carbocycles. The quantitative estimate of drug-likeness (QED) is 0.591. The molecular formula is C14H20Cl2N2O4S. The number of aliphatic carboxylic acids is 1. The van der Waals surface area contributed by atoms with E-state index in [9.17, 15) is 13.2 Å². The van der Waals surface area contributed by atoms with E-state index in [-0.39, 0.29) is 5.75 Å². The monoisotopic (exact) mass is 382 g/mol. The molecule has 1 atom stereocenters. The zero-order valence-corrected chi connectivity index (χ0v) is 14.8. The highest BCUT2D eigenvalue weighted by molar-refractivity contribution is 7.90. The number of hydrogen-bond donors (Lipinski definition) is 2. The molecule has 1 aromatic rings. The summed E-state index contributed by atoms with van der Waals surface area (Å²) in [6, 6.07) is 5.55. The van der Waals surface area contributed by atoms with E-state index in [1.807, 2.05) is 4.90 Å². The first kappa shape index (κ1) is 20.0. The normalized spacial score (nSPS) is 12.8. The van der Waals surface area contributed by atoms with Crippen LogP contribution in [0.15, 0.2) is 24.3 Å². The van der Waals surface area contributed by atoms with Gasteiger partial charge in [-0.05, 0) is 17.7 Å². The van der Waals surface area contributed by atoms with Crippen LogP contribution in [0.25, 0.3) is 0 Å². The Bertz CT molecular complexity index is 602. The molecule has 0 radical (unpaired) electrons. The highest BCUT2D eigenvalue weighted by Crippen LogP contribution is 2.17. The lowest BCUT2D eigenvalue weighted by atomic mass is 10.2. The smallest absolute Gasteiger partial charge is 0.321 e. The minimum atomic E-state index is -3.59. The minimum Gasteiger partial charge on any atom is -0.480 e. The molecule has 0 bridgehead atoms.